The molecular weight excluding hydrogens is 247 g/mol. The summed E-state index contributed by atoms with van der Waals surface area (Å²) in [4.78, 5) is 21.8. The quantitative estimate of drug-likeness (QED) is 0.437. The van der Waals surface area contributed by atoms with Gasteiger partial charge in [0.25, 0.3) is 10.1 Å². The summed E-state index contributed by atoms with van der Waals surface area (Å²) in [6.07, 6.45) is -0.735. The predicted molar refractivity (Wildman–Crippen MR) is 60.8 cm³/mol. The molecule has 0 heterocycles. The van der Waals surface area contributed by atoms with Crippen LogP contribution in [0, 0.1) is 5.92 Å². The molecule has 0 saturated carbocycles. The molecule has 0 bridgehead atoms. The van der Waals surface area contributed by atoms with E-state index in [4.69, 9.17) is 14.8 Å². The third-order valence-electron chi connectivity index (χ3n) is 2.62. The SMILES string of the molecule is CCC(C(=O)O)C(CC)(C(=O)O)S(=O)(=O)O.[LiH]. The molecule has 9 heteroatoms. The maximum atomic E-state index is 11.1. The predicted octanol–water partition coefficient (Wildman–Crippen LogP) is -0.430. The molecular formula is C8H15LiO7S. The average Bonchev–Trinajstić information content (AvgIpc) is 2.10. The molecule has 7 nitrogen and oxygen atoms in total. The molecule has 2 atom stereocenters. The van der Waals surface area contributed by atoms with Crippen molar-refractivity contribution in [2.24, 2.45) is 5.92 Å². The fraction of sp³-hybridized carbons (Fsp3) is 0.750. The molecule has 0 fully saturated rings. The molecule has 0 aromatic rings. The summed E-state index contributed by atoms with van der Waals surface area (Å²) in [5, 5.41) is 17.7. The van der Waals surface area contributed by atoms with Crippen molar-refractivity contribution in [3.05, 3.63) is 0 Å². The molecule has 0 aliphatic rings. The summed E-state index contributed by atoms with van der Waals surface area (Å²) in [6, 6.07) is 0. The molecule has 96 valence electrons. The van der Waals surface area contributed by atoms with E-state index in [-0.39, 0.29) is 25.3 Å². The Labute approximate surface area is 111 Å². The van der Waals surface area contributed by atoms with Crippen LogP contribution in [0.3, 0.4) is 0 Å². The van der Waals surface area contributed by atoms with Gasteiger partial charge in [0, 0.05) is 0 Å². The van der Waals surface area contributed by atoms with Crippen LogP contribution < -0.4 is 0 Å². The summed E-state index contributed by atoms with van der Waals surface area (Å²) in [5.41, 5.74) is 0. The van der Waals surface area contributed by atoms with Crippen LogP contribution in [0.4, 0.5) is 0 Å². The molecule has 0 aromatic heterocycles. The van der Waals surface area contributed by atoms with Crippen molar-refractivity contribution >= 4 is 40.9 Å². The Morgan fingerprint density at radius 2 is 1.65 bits per heavy atom. The van der Waals surface area contributed by atoms with E-state index in [0.29, 0.717) is 0 Å². The Morgan fingerprint density at radius 3 is 1.71 bits per heavy atom. The van der Waals surface area contributed by atoms with E-state index in [1.165, 1.54) is 13.8 Å². The van der Waals surface area contributed by atoms with Crippen molar-refractivity contribution in [2.45, 2.75) is 31.4 Å². The number of rotatable bonds is 6. The molecule has 17 heavy (non-hydrogen) atoms. The number of carboxylic acid groups (broad SMARTS) is 2. The molecule has 0 aliphatic heterocycles. The van der Waals surface area contributed by atoms with Crippen LogP contribution in [0.25, 0.3) is 0 Å². The summed E-state index contributed by atoms with van der Waals surface area (Å²) in [5.74, 6) is -5.11. The molecule has 3 N–H and O–H groups in total. The van der Waals surface area contributed by atoms with Crippen molar-refractivity contribution in [3.63, 3.8) is 0 Å². The Kier molecular flexibility index (Phi) is 7.08. The number of carbonyl (C=O) groups is 2. The van der Waals surface area contributed by atoms with Crippen molar-refractivity contribution in [2.75, 3.05) is 0 Å². The van der Waals surface area contributed by atoms with E-state index in [2.05, 4.69) is 0 Å². The van der Waals surface area contributed by atoms with Crippen LogP contribution >= 0.6 is 0 Å². The number of carboxylic acids is 2. The van der Waals surface area contributed by atoms with Crippen LogP contribution in [-0.2, 0) is 19.7 Å². The Hall–Kier alpha value is -0.553. The molecule has 0 aromatic carbocycles. The Balaban J connectivity index is 0. The van der Waals surface area contributed by atoms with Gasteiger partial charge in [0.2, 0.25) is 4.75 Å². The number of hydrogen-bond donors (Lipinski definition) is 3. The monoisotopic (exact) mass is 262 g/mol. The maximum absolute atomic E-state index is 11.1. The average molecular weight is 262 g/mol. The van der Waals surface area contributed by atoms with E-state index in [9.17, 15) is 18.0 Å². The molecule has 2 unspecified atom stereocenters. The van der Waals surface area contributed by atoms with Gasteiger partial charge in [-0.3, -0.25) is 14.1 Å². The van der Waals surface area contributed by atoms with Crippen LogP contribution in [0.2, 0.25) is 0 Å². The molecule has 0 amide bonds. The van der Waals surface area contributed by atoms with Gasteiger partial charge in [-0.15, -0.1) is 0 Å². The van der Waals surface area contributed by atoms with Gasteiger partial charge in [-0.05, 0) is 12.8 Å². The summed E-state index contributed by atoms with van der Waals surface area (Å²) >= 11 is 0. The molecule has 0 spiro atoms. The van der Waals surface area contributed by atoms with E-state index >= 15 is 0 Å². The zero-order valence-corrected chi connectivity index (χ0v) is 9.69. The van der Waals surface area contributed by atoms with Crippen molar-refractivity contribution < 1.29 is 32.8 Å². The summed E-state index contributed by atoms with van der Waals surface area (Å²) < 4.78 is 28.6. The first-order chi connectivity index (χ1) is 7.15. The van der Waals surface area contributed by atoms with E-state index in [0.717, 1.165) is 0 Å². The van der Waals surface area contributed by atoms with E-state index in [1.54, 1.807) is 0 Å². The Morgan fingerprint density at radius 1 is 1.24 bits per heavy atom. The van der Waals surface area contributed by atoms with Gasteiger partial charge in [0.15, 0.2) is 0 Å². The van der Waals surface area contributed by atoms with Crippen LogP contribution in [-0.4, -0.2) is 58.7 Å². The van der Waals surface area contributed by atoms with Gasteiger partial charge in [0.1, 0.15) is 0 Å². The Bertz CT molecular complexity index is 391. The zero-order chi connectivity index (χ0) is 13.1. The fourth-order valence-electron chi connectivity index (χ4n) is 1.72. The van der Waals surface area contributed by atoms with Crippen molar-refractivity contribution in [1.29, 1.82) is 0 Å². The van der Waals surface area contributed by atoms with Gasteiger partial charge >= 0.3 is 30.8 Å². The molecule has 0 saturated heterocycles. The van der Waals surface area contributed by atoms with E-state index < -0.39 is 39.1 Å². The third-order valence-corrected chi connectivity index (χ3v) is 4.29. The van der Waals surface area contributed by atoms with Gasteiger partial charge in [-0.1, -0.05) is 13.8 Å². The minimum atomic E-state index is -5.01. The summed E-state index contributed by atoms with van der Waals surface area (Å²) in [6.45, 7) is 2.55. The second-order valence-electron chi connectivity index (χ2n) is 3.32. The fourth-order valence-corrected chi connectivity index (χ4v) is 2.94. The molecule has 0 rings (SSSR count). The second-order valence-corrected chi connectivity index (χ2v) is 5.00. The van der Waals surface area contributed by atoms with Gasteiger partial charge in [-0.2, -0.15) is 8.42 Å². The van der Waals surface area contributed by atoms with E-state index in [1.807, 2.05) is 0 Å². The zero-order valence-electron chi connectivity index (χ0n) is 8.87. The molecule has 0 aliphatic carbocycles. The normalized spacial score (nSPS) is 16.4. The second kappa shape index (κ2) is 6.40. The number of hydrogen-bond acceptors (Lipinski definition) is 4. The first-order valence-corrected chi connectivity index (χ1v) is 6.02. The minimum absolute atomic E-state index is 0. The third kappa shape index (κ3) is 3.22. The first kappa shape index (κ1) is 18.8. The number of aliphatic carboxylic acids is 2. The standard InChI is InChI=1S/C8H14O7S.Li.H/c1-3-5(6(9)10)8(4-2,7(11)12)16(13,14)15;;/h5H,3-4H2,1-2H3,(H,9,10)(H,11,12)(H,13,14,15);;. The van der Waals surface area contributed by atoms with Crippen LogP contribution in [0.1, 0.15) is 26.7 Å². The van der Waals surface area contributed by atoms with Crippen LogP contribution in [0.5, 0.6) is 0 Å². The van der Waals surface area contributed by atoms with Gasteiger partial charge < -0.3 is 10.2 Å². The molecule has 0 radical (unpaired) electrons. The van der Waals surface area contributed by atoms with Gasteiger partial charge in [-0.25, -0.2) is 0 Å². The topological polar surface area (TPSA) is 129 Å². The summed E-state index contributed by atoms with van der Waals surface area (Å²) in [7, 11) is -5.01. The first-order valence-electron chi connectivity index (χ1n) is 4.58. The van der Waals surface area contributed by atoms with Crippen LogP contribution in [0.15, 0.2) is 0 Å². The van der Waals surface area contributed by atoms with Gasteiger partial charge in [0.05, 0.1) is 5.92 Å². The van der Waals surface area contributed by atoms with Crippen molar-refractivity contribution in [1.82, 2.24) is 0 Å². The van der Waals surface area contributed by atoms with Crippen molar-refractivity contribution in [3.8, 4) is 0 Å².